The summed E-state index contributed by atoms with van der Waals surface area (Å²) >= 11 is 0. The molecule has 3 atom stereocenters. The number of carbonyl (C=O) groups is 3. The molecule has 0 bridgehead atoms. The lowest BCUT2D eigenvalue weighted by Gasteiger charge is -2.27. The van der Waals surface area contributed by atoms with Gasteiger partial charge >= 0.3 is 0 Å². The molecule has 9 heteroatoms. The van der Waals surface area contributed by atoms with Crippen molar-refractivity contribution in [2.45, 2.75) is 97.7 Å². The maximum absolute atomic E-state index is 13.9. The second kappa shape index (κ2) is 10.7. The van der Waals surface area contributed by atoms with E-state index in [1.807, 2.05) is 30.9 Å². The third-order valence-electron chi connectivity index (χ3n) is 9.57. The van der Waals surface area contributed by atoms with Gasteiger partial charge in [0.1, 0.15) is 24.1 Å². The average Bonchev–Trinajstić information content (AvgIpc) is 3.30. The molecule has 2 aromatic heterocycles. The largest absolute Gasteiger partial charge is 0.354 e. The summed E-state index contributed by atoms with van der Waals surface area (Å²) in [5, 5.41) is 8.48. The summed E-state index contributed by atoms with van der Waals surface area (Å²) in [6.45, 7) is 8.12. The molecule has 3 heterocycles. The quantitative estimate of drug-likeness (QED) is 0.400. The van der Waals surface area contributed by atoms with Crippen LogP contribution in [0.3, 0.4) is 0 Å². The number of hydrogen-bond donors (Lipinski definition) is 1. The van der Waals surface area contributed by atoms with Crippen LogP contribution in [0.25, 0.3) is 22.0 Å². The summed E-state index contributed by atoms with van der Waals surface area (Å²) < 4.78 is 1.65. The topological polar surface area (TPSA) is 110 Å². The number of rotatable bonds is 8. The maximum atomic E-state index is 13.9. The molecule has 3 aliphatic rings. The highest BCUT2D eigenvalue weighted by Crippen LogP contribution is 2.59. The van der Waals surface area contributed by atoms with E-state index >= 15 is 0 Å². The summed E-state index contributed by atoms with van der Waals surface area (Å²) in [6, 6.07) is 3.56. The minimum absolute atomic E-state index is 0.00130. The number of carbonyl (C=O) groups excluding carboxylic acids is 3. The molecule has 0 radical (unpaired) electrons. The van der Waals surface area contributed by atoms with Crippen LogP contribution in [0.5, 0.6) is 0 Å². The number of nitrogens with zero attached hydrogens (tertiary/aromatic N) is 5. The Hall–Kier alpha value is -3.62. The molecule has 1 saturated heterocycles. The van der Waals surface area contributed by atoms with Crippen molar-refractivity contribution in [2.75, 3.05) is 6.54 Å². The minimum atomic E-state index is -0.457. The van der Waals surface area contributed by atoms with Gasteiger partial charge in [-0.2, -0.15) is 5.10 Å². The van der Waals surface area contributed by atoms with Crippen molar-refractivity contribution in [3.8, 4) is 11.1 Å². The molecule has 2 amide bonds. The second-order valence-corrected chi connectivity index (χ2v) is 12.7. The lowest BCUT2D eigenvalue weighted by Crippen LogP contribution is -2.49. The highest BCUT2D eigenvalue weighted by molar-refractivity contribution is 6.07. The molecular weight excluding hydrogens is 516 g/mol. The van der Waals surface area contributed by atoms with Gasteiger partial charge in [0.25, 0.3) is 0 Å². The molecule has 9 nitrogen and oxygen atoms in total. The van der Waals surface area contributed by atoms with E-state index in [2.05, 4.69) is 27.3 Å². The van der Waals surface area contributed by atoms with Crippen LogP contribution in [0, 0.1) is 25.2 Å². The van der Waals surface area contributed by atoms with Crippen LogP contribution in [0.2, 0.25) is 0 Å². The van der Waals surface area contributed by atoms with Gasteiger partial charge in [0.15, 0.2) is 5.78 Å². The number of Topliss-reactive ketones (excluding diaryl/α,β-unsaturated/α-hetero) is 1. The predicted molar refractivity (Wildman–Crippen MR) is 156 cm³/mol. The molecule has 1 N–H and O–H groups in total. The van der Waals surface area contributed by atoms with Crippen molar-refractivity contribution in [1.82, 2.24) is 30.0 Å². The average molecular weight is 557 g/mol. The van der Waals surface area contributed by atoms with Gasteiger partial charge in [0.05, 0.1) is 5.52 Å². The molecule has 3 aromatic rings. The highest BCUT2D eigenvalue weighted by Gasteiger charge is 2.64. The van der Waals surface area contributed by atoms with E-state index < -0.39 is 6.04 Å². The fourth-order valence-electron chi connectivity index (χ4n) is 7.17. The van der Waals surface area contributed by atoms with Crippen molar-refractivity contribution in [2.24, 2.45) is 11.3 Å². The molecule has 0 unspecified atom stereocenters. The number of amides is 2. The Balaban J connectivity index is 1.23. The Kier molecular flexibility index (Phi) is 7.16. The van der Waals surface area contributed by atoms with E-state index in [0.29, 0.717) is 35.8 Å². The fraction of sp³-hybridized carbons (Fsp3) is 0.562. The van der Waals surface area contributed by atoms with Crippen LogP contribution in [-0.4, -0.2) is 60.9 Å². The molecule has 216 valence electrons. The molecule has 3 fully saturated rings. The van der Waals surface area contributed by atoms with Crippen LogP contribution in [0.1, 0.15) is 87.1 Å². The van der Waals surface area contributed by atoms with Crippen LogP contribution in [-0.2, 0) is 16.1 Å². The van der Waals surface area contributed by atoms with Gasteiger partial charge in [-0.1, -0.05) is 39.0 Å². The maximum Gasteiger partial charge on any atom is 0.245 e. The van der Waals surface area contributed by atoms with E-state index in [4.69, 9.17) is 0 Å². The number of ketones is 1. The van der Waals surface area contributed by atoms with Gasteiger partial charge in [0.2, 0.25) is 11.8 Å². The van der Waals surface area contributed by atoms with E-state index in [9.17, 15) is 14.4 Å². The number of likely N-dealkylation sites (tertiary alicyclic amines) is 1. The first kappa shape index (κ1) is 27.5. The Morgan fingerprint density at radius 2 is 1.76 bits per heavy atom. The zero-order valence-corrected chi connectivity index (χ0v) is 24.6. The SMILES string of the molecule is CC(=O)c1nn(CC(=O)N2[C@H](C(=O)NCCC3CCCCC3)C[C@@]3(C)C[C@@H]23)c2c(C)cc(-c3cnc(C)nc3)cc12. The molecule has 1 aromatic carbocycles. The van der Waals surface area contributed by atoms with Crippen molar-refractivity contribution >= 4 is 28.5 Å². The van der Waals surface area contributed by atoms with Crippen LogP contribution < -0.4 is 5.32 Å². The predicted octanol–water partition coefficient (Wildman–Crippen LogP) is 4.78. The van der Waals surface area contributed by atoms with E-state index in [1.54, 1.807) is 17.1 Å². The Morgan fingerprint density at radius 1 is 1.02 bits per heavy atom. The van der Waals surface area contributed by atoms with E-state index in [-0.39, 0.29) is 35.6 Å². The number of benzene rings is 1. The molecule has 2 saturated carbocycles. The lowest BCUT2D eigenvalue weighted by molar-refractivity contribution is -0.140. The Labute approximate surface area is 241 Å². The number of piperidine rings is 1. The van der Waals surface area contributed by atoms with Crippen molar-refractivity contribution in [3.05, 3.63) is 41.6 Å². The third kappa shape index (κ3) is 5.26. The summed E-state index contributed by atoms with van der Waals surface area (Å²) in [6.07, 6.45) is 12.6. The Morgan fingerprint density at radius 3 is 2.46 bits per heavy atom. The number of nitrogens with one attached hydrogen (secondary N) is 1. The van der Waals surface area contributed by atoms with Gasteiger partial charge < -0.3 is 10.2 Å². The summed E-state index contributed by atoms with van der Waals surface area (Å²) in [7, 11) is 0. The first-order valence-corrected chi connectivity index (χ1v) is 15.0. The van der Waals surface area contributed by atoms with Crippen molar-refractivity contribution in [3.63, 3.8) is 0 Å². The normalized spacial score (nSPS) is 24.0. The standard InChI is InChI=1S/C32H40N6O3/c1-19-12-23(24-16-34-21(3)35-17-24)13-25-29(20(2)39)36-37(30(19)25)18-28(40)38-26(14-32(4)15-27(32)38)31(41)33-11-10-22-8-6-5-7-9-22/h12-13,16-17,22,26-27H,5-11,14-15,18H2,1-4H3,(H,33,41)/t26-,27+,32-/m0/s1. The summed E-state index contributed by atoms with van der Waals surface area (Å²) in [5.41, 5.74) is 3.73. The highest BCUT2D eigenvalue weighted by atomic mass is 16.2. The van der Waals surface area contributed by atoms with Crippen LogP contribution in [0.15, 0.2) is 24.5 Å². The zero-order valence-electron chi connectivity index (χ0n) is 24.6. The fourth-order valence-corrected chi connectivity index (χ4v) is 7.17. The molecular formula is C32H40N6O3. The van der Waals surface area contributed by atoms with E-state index in [0.717, 1.165) is 35.0 Å². The van der Waals surface area contributed by atoms with Crippen molar-refractivity contribution in [1.29, 1.82) is 0 Å². The molecule has 41 heavy (non-hydrogen) atoms. The van der Waals surface area contributed by atoms with Crippen LogP contribution in [0.4, 0.5) is 0 Å². The number of aromatic nitrogens is 4. The number of fused-ring (bicyclic) bond motifs is 2. The van der Waals surface area contributed by atoms with E-state index in [1.165, 1.54) is 39.0 Å². The third-order valence-corrected chi connectivity index (χ3v) is 9.57. The first-order chi connectivity index (χ1) is 19.6. The molecule has 6 rings (SSSR count). The van der Waals surface area contributed by atoms with Gasteiger partial charge in [-0.25, -0.2) is 9.97 Å². The smallest absolute Gasteiger partial charge is 0.245 e. The first-order valence-electron chi connectivity index (χ1n) is 15.0. The van der Waals surface area contributed by atoms with Crippen LogP contribution >= 0.6 is 0 Å². The van der Waals surface area contributed by atoms with Gasteiger partial charge in [0, 0.05) is 42.9 Å². The van der Waals surface area contributed by atoms with Gasteiger partial charge in [-0.15, -0.1) is 0 Å². The van der Waals surface area contributed by atoms with Crippen molar-refractivity contribution < 1.29 is 14.4 Å². The summed E-state index contributed by atoms with van der Waals surface area (Å²) in [4.78, 5) is 50.3. The monoisotopic (exact) mass is 556 g/mol. The Bertz CT molecular complexity index is 1510. The lowest BCUT2D eigenvalue weighted by atomic mass is 9.87. The molecule has 2 aliphatic carbocycles. The second-order valence-electron chi connectivity index (χ2n) is 12.7. The number of hydrogen-bond acceptors (Lipinski definition) is 6. The molecule has 0 spiro atoms. The summed E-state index contributed by atoms with van der Waals surface area (Å²) in [5.74, 6) is 1.05. The van der Waals surface area contributed by atoms with Gasteiger partial charge in [-0.05, 0) is 67.7 Å². The number of aryl methyl sites for hydroxylation is 2. The molecule has 1 aliphatic heterocycles. The minimum Gasteiger partial charge on any atom is -0.354 e. The zero-order chi connectivity index (χ0) is 28.9. The van der Waals surface area contributed by atoms with Gasteiger partial charge in [-0.3, -0.25) is 19.1 Å².